The highest BCUT2D eigenvalue weighted by Crippen LogP contribution is 2.44. The van der Waals surface area contributed by atoms with Gasteiger partial charge in [0, 0.05) is 42.5 Å². The molecule has 3 heteroatoms. The normalized spacial score (nSPS) is 24.8. The molecule has 0 unspecified atom stereocenters. The maximum atomic E-state index is 6.16. The van der Waals surface area contributed by atoms with E-state index >= 15 is 0 Å². The molecule has 1 aromatic heterocycles. The molecule has 2 atom stereocenters. The average molecular weight is 280 g/mol. The van der Waals surface area contributed by atoms with E-state index in [1.54, 1.807) is 0 Å². The SMILES string of the molecule is CN1C[C@@H]2CCOc3c(-c4cccnc4)cccc3[C@H]2C1. The van der Waals surface area contributed by atoms with Gasteiger partial charge in [0.15, 0.2) is 0 Å². The fourth-order valence-corrected chi connectivity index (χ4v) is 3.80. The monoisotopic (exact) mass is 280 g/mol. The Morgan fingerprint density at radius 2 is 2.14 bits per heavy atom. The van der Waals surface area contributed by atoms with E-state index in [0.717, 1.165) is 36.8 Å². The minimum atomic E-state index is 0.601. The number of likely N-dealkylation sites (N-methyl/N-ethyl adjacent to an activating group) is 1. The third kappa shape index (κ3) is 2.22. The number of para-hydroxylation sites is 1. The van der Waals surface area contributed by atoms with Gasteiger partial charge in [-0.15, -0.1) is 0 Å². The van der Waals surface area contributed by atoms with Crippen molar-refractivity contribution in [1.82, 2.24) is 9.88 Å². The van der Waals surface area contributed by atoms with Gasteiger partial charge < -0.3 is 9.64 Å². The fraction of sp³-hybridized carbons (Fsp3) is 0.389. The van der Waals surface area contributed by atoms with Crippen LogP contribution < -0.4 is 4.74 Å². The lowest BCUT2D eigenvalue weighted by molar-refractivity contribution is 0.287. The second-order valence-electron chi connectivity index (χ2n) is 6.19. The van der Waals surface area contributed by atoms with Gasteiger partial charge in [0.1, 0.15) is 5.75 Å². The van der Waals surface area contributed by atoms with Crippen LogP contribution in [0.3, 0.4) is 0 Å². The largest absolute Gasteiger partial charge is 0.493 e. The lowest BCUT2D eigenvalue weighted by atomic mass is 9.86. The van der Waals surface area contributed by atoms with Crippen LogP contribution in [0.1, 0.15) is 17.9 Å². The summed E-state index contributed by atoms with van der Waals surface area (Å²) in [6.07, 6.45) is 4.88. The molecule has 0 spiro atoms. The Labute approximate surface area is 125 Å². The highest BCUT2D eigenvalue weighted by Gasteiger charge is 2.36. The van der Waals surface area contributed by atoms with E-state index in [-0.39, 0.29) is 0 Å². The number of rotatable bonds is 1. The van der Waals surface area contributed by atoms with E-state index in [2.05, 4.69) is 41.2 Å². The third-order valence-corrected chi connectivity index (χ3v) is 4.78. The lowest BCUT2D eigenvalue weighted by Crippen LogP contribution is -2.15. The van der Waals surface area contributed by atoms with Crippen molar-refractivity contribution in [1.29, 1.82) is 0 Å². The Morgan fingerprint density at radius 1 is 1.19 bits per heavy atom. The van der Waals surface area contributed by atoms with Gasteiger partial charge in [0.2, 0.25) is 0 Å². The Kier molecular flexibility index (Phi) is 3.15. The van der Waals surface area contributed by atoms with Gasteiger partial charge in [-0.2, -0.15) is 0 Å². The molecule has 1 fully saturated rings. The van der Waals surface area contributed by atoms with E-state index in [4.69, 9.17) is 4.74 Å². The van der Waals surface area contributed by atoms with Gasteiger partial charge in [0.25, 0.3) is 0 Å². The average Bonchev–Trinajstić information content (AvgIpc) is 2.80. The van der Waals surface area contributed by atoms with Gasteiger partial charge in [-0.3, -0.25) is 4.98 Å². The molecule has 0 radical (unpaired) electrons. The van der Waals surface area contributed by atoms with Gasteiger partial charge >= 0.3 is 0 Å². The van der Waals surface area contributed by atoms with Gasteiger partial charge in [-0.25, -0.2) is 0 Å². The smallest absolute Gasteiger partial charge is 0.130 e. The third-order valence-electron chi connectivity index (χ3n) is 4.78. The zero-order valence-corrected chi connectivity index (χ0v) is 12.3. The van der Waals surface area contributed by atoms with E-state index < -0.39 is 0 Å². The molecule has 0 bridgehead atoms. The number of nitrogens with zero attached hydrogens (tertiary/aromatic N) is 2. The first kappa shape index (κ1) is 12.8. The number of likely N-dealkylation sites (tertiary alicyclic amines) is 1. The van der Waals surface area contributed by atoms with E-state index in [9.17, 15) is 0 Å². The molecule has 0 aliphatic carbocycles. The maximum Gasteiger partial charge on any atom is 0.130 e. The number of hydrogen-bond acceptors (Lipinski definition) is 3. The summed E-state index contributed by atoms with van der Waals surface area (Å²) in [6.45, 7) is 3.14. The molecular weight excluding hydrogens is 260 g/mol. The number of hydrogen-bond donors (Lipinski definition) is 0. The van der Waals surface area contributed by atoms with Crippen molar-refractivity contribution >= 4 is 0 Å². The Morgan fingerprint density at radius 3 is 3.00 bits per heavy atom. The molecule has 2 aliphatic rings. The summed E-state index contributed by atoms with van der Waals surface area (Å²) < 4.78 is 6.16. The predicted molar refractivity (Wildman–Crippen MR) is 83.5 cm³/mol. The van der Waals surface area contributed by atoms with Crippen molar-refractivity contribution in [2.75, 3.05) is 26.7 Å². The van der Waals surface area contributed by atoms with Crippen LogP contribution in [0.15, 0.2) is 42.7 Å². The molecule has 3 nitrogen and oxygen atoms in total. The number of aromatic nitrogens is 1. The quantitative estimate of drug-likeness (QED) is 0.802. The van der Waals surface area contributed by atoms with E-state index in [0.29, 0.717) is 5.92 Å². The fourth-order valence-electron chi connectivity index (χ4n) is 3.80. The number of fused-ring (bicyclic) bond motifs is 3. The molecule has 0 saturated carbocycles. The van der Waals surface area contributed by atoms with Crippen LogP contribution in [0, 0.1) is 5.92 Å². The van der Waals surface area contributed by atoms with Crippen molar-refractivity contribution in [3.05, 3.63) is 48.3 Å². The highest BCUT2D eigenvalue weighted by molar-refractivity contribution is 5.72. The number of ether oxygens (including phenoxy) is 1. The Hall–Kier alpha value is -1.87. The minimum absolute atomic E-state index is 0.601. The maximum absolute atomic E-state index is 6.16. The molecule has 2 aromatic rings. The summed E-state index contributed by atoms with van der Waals surface area (Å²) in [4.78, 5) is 6.69. The van der Waals surface area contributed by atoms with Crippen LogP contribution in [0.2, 0.25) is 0 Å². The molecule has 1 aromatic carbocycles. The predicted octanol–water partition coefficient (Wildman–Crippen LogP) is 3.18. The Balaban J connectivity index is 1.83. The van der Waals surface area contributed by atoms with Crippen LogP contribution in [-0.2, 0) is 0 Å². The van der Waals surface area contributed by atoms with Crippen LogP contribution in [-0.4, -0.2) is 36.6 Å². The molecule has 2 aliphatic heterocycles. The van der Waals surface area contributed by atoms with Crippen LogP contribution in [0.5, 0.6) is 5.75 Å². The first-order valence-electron chi connectivity index (χ1n) is 7.67. The summed E-state index contributed by atoms with van der Waals surface area (Å²) in [5, 5.41) is 0. The summed E-state index contributed by atoms with van der Waals surface area (Å²) in [7, 11) is 2.22. The zero-order chi connectivity index (χ0) is 14.2. The molecule has 4 rings (SSSR count). The number of benzene rings is 1. The standard InChI is InChI=1S/C18H20N2O/c1-20-11-14-7-9-21-18-15(13-4-3-8-19-10-13)5-2-6-16(18)17(14)12-20/h2-6,8,10,14,17H,7,9,11-12H2,1H3/t14-,17-/m0/s1. The second kappa shape index (κ2) is 5.15. The second-order valence-corrected chi connectivity index (χ2v) is 6.19. The van der Waals surface area contributed by atoms with Crippen molar-refractivity contribution in [2.45, 2.75) is 12.3 Å². The zero-order valence-electron chi connectivity index (χ0n) is 12.3. The topological polar surface area (TPSA) is 25.4 Å². The van der Waals surface area contributed by atoms with Crippen LogP contribution in [0.4, 0.5) is 0 Å². The molecular formula is C18H20N2O. The summed E-state index contributed by atoms with van der Waals surface area (Å²) in [6, 6.07) is 10.6. The Bertz CT molecular complexity index is 641. The van der Waals surface area contributed by atoms with Crippen molar-refractivity contribution in [3.63, 3.8) is 0 Å². The summed E-state index contributed by atoms with van der Waals surface area (Å²) in [5.74, 6) is 2.40. The molecule has 21 heavy (non-hydrogen) atoms. The first-order chi connectivity index (χ1) is 10.3. The summed E-state index contributed by atoms with van der Waals surface area (Å²) >= 11 is 0. The minimum Gasteiger partial charge on any atom is -0.493 e. The molecule has 108 valence electrons. The van der Waals surface area contributed by atoms with Crippen LogP contribution >= 0.6 is 0 Å². The summed E-state index contributed by atoms with van der Waals surface area (Å²) in [5.41, 5.74) is 3.69. The first-order valence-corrected chi connectivity index (χ1v) is 7.67. The van der Waals surface area contributed by atoms with Crippen molar-refractivity contribution in [2.24, 2.45) is 5.92 Å². The highest BCUT2D eigenvalue weighted by atomic mass is 16.5. The van der Waals surface area contributed by atoms with Gasteiger partial charge in [-0.1, -0.05) is 24.3 Å². The molecule has 1 saturated heterocycles. The molecule has 0 N–H and O–H groups in total. The lowest BCUT2D eigenvalue weighted by Gasteiger charge is -2.18. The van der Waals surface area contributed by atoms with Crippen molar-refractivity contribution < 1.29 is 4.74 Å². The molecule has 0 amide bonds. The van der Waals surface area contributed by atoms with E-state index in [1.165, 1.54) is 17.7 Å². The molecule has 3 heterocycles. The van der Waals surface area contributed by atoms with Crippen LogP contribution in [0.25, 0.3) is 11.1 Å². The van der Waals surface area contributed by atoms with Gasteiger partial charge in [-0.05, 0) is 31.0 Å². The van der Waals surface area contributed by atoms with E-state index in [1.807, 2.05) is 18.5 Å². The number of pyridine rings is 1. The van der Waals surface area contributed by atoms with Crippen molar-refractivity contribution in [3.8, 4) is 16.9 Å². The van der Waals surface area contributed by atoms with Gasteiger partial charge in [0.05, 0.1) is 6.61 Å².